The maximum atomic E-state index is 11.8. The van der Waals surface area contributed by atoms with Crippen LogP contribution in [0.25, 0.3) is 0 Å². The van der Waals surface area contributed by atoms with E-state index in [9.17, 15) is 4.79 Å². The van der Waals surface area contributed by atoms with Gasteiger partial charge in [-0.05, 0) is 59.4 Å². The largest absolute Gasteiger partial charge is 0.286 e. The van der Waals surface area contributed by atoms with Gasteiger partial charge in [0.15, 0.2) is 0 Å². The molecule has 0 heterocycles. The first-order valence-corrected chi connectivity index (χ1v) is 6.71. The van der Waals surface area contributed by atoms with Gasteiger partial charge in [0.25, 0.3) is 0 Å². The highest BCUT2D eigenvalue weighted by Gasteiger charge is 2.56. The Morgan fingerprint density at radius 1 is 1.29 bits per heavy atom. The number of halogens is 1. The fourth-order valence-electron chi connectivity index (χ4n) is 4.55. The van der Waals surface area contributed by atoms with Crippen LogP contribution in [0.2, 0.25) is 0 Å². The van der Waals surface area contributed by atoms with Crippen LogP contribution in [0.15, 0.2) is 0 Å². The number of hydrogen-bond acceptors (Lipinski definition) is 1. The van der Waals surface area contributed by atoms with Crippen molar-refractivity contribution in [3.8, 4) is 0 Å². The molecule has 0 aliphatic heterocycles. The molecule has 0 N–H and O–H groups in total. The lowest BCUT2D eigenvalue weighted by Gasteiger charge is -2.57. The Morgan fingerprint density at radius 2 is 2.14 bits per heavy atom. The molecule has 0 radical (unpaired) electrons. The van der Waals surface area contributed by atoms with Crippen molar-refractivity contribution in [2.45, 2.75) is 44.9 Å². The Hall–Kier alpha value is 0.150. The molecule has 4 saturated carbocycles. The predicted molar refractivity (Wildman–Crippen MR) is 59.2 cm³/mol. The Kier molecular flexibility index (Phi) is 2.06. The molecule has 4 rings (SSSR count). The van der Waals surface area contributed by atoms with Gasteiger partial charge in [0, 0.05) is 5.41 Å². The zero-order chi connectivity index (χ0) is 9.76. The van der Waals surface area contributed by atoms with Crippen molar-refractivity contribution in [2.75, 3.05) is 0 Å². The molecule has 0 amide bonds. The summed E-state index contributed by atoms with van der Waals surface area (Å²) in [6.45, 7) is 0. The van der Waals surface area contributed by atoms with Crippen molar-refractivity contribution in [3.05, 3.63) is 0 Å². The SMILES string of the molecule is O=C(Br)C12CCCC3CC(CCC31)C2. The molecule has 0 aromatic rings. The van der Waals surface area contributed by atoms with Crippen LogP contribution in [-0.4, -0.2) is 4.69 Å². The molecule has 0 saturated heterocycles. The van der Waals surface area contributed by atoms with Gasteiger partial charge in [0.2, 0.25) is 4.69 Å². The molecule has 4 atom stereocenters. The standard InChI is InChI=1S/C12H17BrO/c13-11(14)12-5-1-2-9-6-8(7-12)3-4-10(9)12/h8-10H,1-7H2. The van der Waals surface area contributed by atoms with E-state index in [4.69, 9.17) is 0 Å². The molecule has 0 aromatic heterocycles. The molecule has 4 unspecified atom stereocenters. The summed E-state index contributed by atoms with van der Waals surface area (Å²) in [4.78, 5) is 11.8. The summed E-state index contributed by atoms with van der Waals surface area (Å²) in [5, 5.41) is 0. The molecule has 0 spiro atoms. The van der Waals surface area contributed by atoms with Crippen molar-refractivity contribution in [1.82, 2.24) is 0 Å². The average Bonchev–Trinajstić information content (AvgIpc) is 2.17. The van der Waals surface area contributed by atoms with E-state index in [2.05, 4.69) is 15.9 Å². The average molecular weight is 257 g/mol. The van der Waals surface area contributed by atoms with Crippen molar-refractivity contribution >= 4 is 20.6 Å². The minimum Gasteiger partial charge on any atom is -0.286 e. The third-order valence-electron chi connectivity index (χ3n) is 5.04. The van der Waals surface area contributed by atoms with Crippen molar-refractivity contribution in [3.63, 3.8) is 0 Å². The van der Waals surface area contributed by atoms with E-state index in [1.54, 1.807) is 0 Å². The summed E-state index contributed by atoms with van der Waals surface area (Å²) in [5.74, 6) is 2.48. The molecule has 0 aromatic carbocycles. The van der Waals surface area contributed by atoms with Crippen LogP contribution in [0, 0.1) is 23.2 Å². The van der Waals surface area contributed by atoms with Crippen molar-refractivity contribution in [2.24, 2.45) is 23.2 Å². The first-order chi connectivity index (χ1) is 6.72. The Morgan fingerprint density at radius 3 is 2.79 bits per heavy atom. The van der Waals surface area contributed by atoms with Gasteiger partial charge in [-0.25, -0.2) is 0 Å². The summed E-state index contributed by atoms with van der Waals surface area (Å²) in [6, 6.07) is 0. The molecule has 14 heavy (non-hydrogen) atoms. The Balaban J connectivity index is 1.99. The van der Waals surface area contributed by atoms with Gasteiger partial charge in [-0.15, -0.1) is 0 Å². The van der Waals surface area contributed by atoms with Gasteiger partial charge in [-0.1, -0.05) is 19.3 Å². The third kappa shape index (κ3) is 1.09. The molecule has 4 aliphatic rings. The molecular weight excluding hydrogens is 240 g/mol. The second-order valence-electron chi connectivity index (χ2n) is 5.57. The molecule has 1 nitrogen and oxygen atoms in total. The first-order valence-electron chi connectivity index (χ1n) is 5.92. The maximum absolute atomic E-state index is 11.8. The van der Waals surface area contributed by atoms with Gasteiger partial charge >= 0.3 is 0 Å². The van der Waals surface area contributed by atoms with Crippen LogP contribution < -0.4 is 0 Å². The highest BCUT2D eigenvalue weighted by Crippen LogP contribution is 2.62. The normalized spacial score (nSPS) is 50.5. The highest BCUT2D eigenvalue weighted by atomic mass is 79.9. The van der Waals surface area contributed by atoms with Gasteiger partial charge in [-0.2, -0.15) is 0 Å². The fraction of sp³-hybridized carbons (Fsp3) is 0.917. The maximum Gasteiger partial charge on any atom is 0.204 e. The van der Waals surface area contributed by atoms with Crippen LogP contribution in [0.3, 0.4) is 0 Å². The summed E-state index contributed by atoms with van der Waals surface area (Å²) >= 11 is 3.28. The number of hydrogen-bond donors (Lipinski definition) is 0. The molecule has 4 bridgehead atoms. The number of rotatable bonds is 1. The second-order valence-corrected chi connectivity index (χ2v) is 6.29. The molecule has 2 heteroatoms. The summed E-state index contributed by atoms with van der Waals surface area (Å²) in [7, 11) is 0. The molecule has 78 valence electrons. The van der Waals surface area contributed by atoms with Crippen molar-refractivity contribution in [1.29, 1.82) is 0 Å². The topological polar surface area (TPSA) is 17.1 Å². The number of carbonyl (C=O) groups is 1. The van der Waals surface area contributed by atoms with Crippen LogP contribution >= 0.6 is 15.9 Å². The number of carbonyl (C=O) groups excluding carboxylic acids is 1. The minimum atomic E-state index is 0.0735. The van der Waals surface area contributed by atoms with Crippen LogP contribution in [-0.2, 0) is 4.79 Å². The van der Waals surface area contributed by atoms with E-state index in [1.807, 2.05) is 0 Å². The summed E-state index contributed by atoms with van der Waals surface area (Å²) in [5.41, 5.74) is 0.0735. The molecular formula is C12H17BrO. The van der Waals surface area contributed by atoms with Crippen molar-refractivity contribution < 1.29 is 4.79 Å². The smallest absolute Gasteiger partial charge is 0.204 e. The monoisotopic (exact) mass is 256 g/mol. The summed E-state index contributed by atoms with van der Waals surface area (Å²) < 4.78 is 0.323. The molecule has 4 aliphatic carbocycles. The van der Waals surface area contributed by atoms with E-state index >= 15 is 0 Å². The third-order valence-corrected chi connectivity index (χ3v) is 5.83. The summed E-state index contributed by atoms with van der Waals surface area (Å²) in [6.07, 6.45) is 9.17. The highest BCUT2D eigenvalue weighted by molar-refractivity contribution is 9.18. The lowest BCUT2D eigenvalue weighted by molar-refractivity contribution is -0.140. The second kappa shape index (κ2) is 3.07. The fourth-order valence-corrected chi connectivity index (χ4v) is 5.21. The Labute approximate surface area is 93.8 Å². The van der Waals surface area contributed by atoms with E-state index in [-0.39, 0.29) is 5.41 Å². The first kappa shape index (κ1) is 9.38. The number of fused-ring (bicyclic) bond motifs is 1. The lowest BCUT2D eigenvalue weighted by atomic mass is 9.48. The van der Waals surface area contributed by atoms with Gasteiger partial charge in [0.1, 0.15) is 0 Å². The van der Waals surface area contributed by atoms with Crippen LogP contribution in [0.1, 0.15) is 44.9 Å². The van der Waals surface area contributed by atoms with E-state index in [0.29, 0.717) is 4.69 Å². The zero-order valence-corrected chi connectivity index (χ0v) is 10.1. The van der Waals surface area contributed by atoms with Gasteiger partial charge in [0.05, 0.1) is 0 Å². The van der Waals surface area contributed by atoms with E-state index in [0.717, 1.165) is 24.2 Å². The lowest BCUT2D eigenvalue weighted by Crippen LogP contribution is -2.52. The van der Waals surface area contributed by atoms with Gasteiger partial charge < -0.3 is 0 Å². The predicted octanol–water partition coefficient (Wildman–Crippen LogP) is 3.51. The van der Waals surface area contributed by atoms with Crippen LogP contribution in [0.4, 0.5) is 0 Å². The van der Waals surface area contributed by atoms with E-state index < -0.39 is 0 Å². The van der Waals surface area contributed by atoms with E-state index in [1.165, 1.54) is 38.5 Å². The van der Waals surface area contributed by atoms with Crippen LogP contribution in [0.5, 0.6) is 0 Å². The quantitative estimate of drug-likeness (QED) is 0.657. The van der Waals surface area contributed by atoms with Gasteiger partial charge in [-0.3, -0.25) is 4.79 Å². The zero-order valence-electron chi connectivity index (χ0n) is 8.47. The Bertz CT molecular complexity index is 275. The molecule has 4 fully saturated rings. The minimum absolute atomic E-state index is 0.0735.